The number of unbranched alkanes of at least 4 members (excludes halogenated alkanes) is 1. The molecule has 4 heteroatoms. The van der Waals surface area contributed by atoms with Gasteiger partial charge in [-0.15, -0.1) is 0 Å². The van der Waals surface area contributed by atoms with Crippen molar-refractivity contribution in [2.45, 2.75) is 40.5 Å². The second-order valence-corrected chi connectivity index (χ2v) is 11.0. The number of nitriles is 2. The van der Waals surface area contributed by atoms with Gasteiger partial charge >= 0.3 is 99.5 Å². The summed E-state index contributed by atoms with van der Waals surface area (Å²) in [5.74, 6) is 0. The Morgan fingerprint density at radius 3 is 1.62 bits per heavy atom. The van der Waals surface area contributed by atoms with Crippen molar-refractivity contribution in [1.82, 2.24) is 4.67 Å². The molecule has 0 amide bonds. The topological polar surface area (TPSA) is 50.8 Å². The van der Waals surface area contributed by atoms with E-state index < -0.39 is 6.75 Å². The van der Waals surface area contributed by atoms with Crippen LogP contribution in [-0.4, -0.2) is 29.3 Å². The first kappa shape index (κ1) is 15.2. The van der Waals surface area contributed by atoms with E-state index in [2.05, 4.69) is 40.1 Å². The van der Waals surface area contributed by atoms with Crippen LogP contribution >= 0.6 is 6.75 Å². The predicted molar refractivity (Wildman–Crippen MR) is 71.4 cm³/mol. The van der Waals surface area contributed by atoms with E-state index in [-0.39, 0.29) is 0 Å². The quantitative estimate of drug-likeness (QED) is 0.389. The molecule has 0 bridgehead atoms. The van der Waals surface area contributed by atoms with Crippen molar-refractivity contribution < 1.29 is 0 Å². The molecule has 0 saturated heterocycles. The van der Waals surface area contributed by atoms with Crippen LogP contribution in [0.15, 0.2) is 0 Å². The number of hydrogen-bond donors (Lipinski definition) is 0. The molecule has 0 aliphatic heterocycles. The molecule has 0 aromatic carbocycles. The molecule has 0 saturated carbocycles. The summed E-state index contributed by atoms with van der Waals surface area (Å²) in [6.45, 7) is 6.30. The summed E-state index contributed by atoms with van der Waals surface area (Å²) in [5, 5.41) is 18.4. The third-order valence-electron chi connectivity index (χ3n) is 4.28. The summed E-state index contributed by atoms with van der Waals surface area (Å²) in [6, 6.07) is 0. The van der Waals surface area contributed by atoms with Crippen LogP contribution < -0.4 is 0 Å². The number of hydrogen-bond acceptors (Lipinski definition) is 3. The number of rotatable bonds is 7. The first-order valence-electron chi connectivity index (χ1n) is 6.19. The van der Waals surface area contributed by atoms with Crippen molar-refractivity contribution in [3.8, 4) is 12.4 Å². The first-order chi connectivity index (χ1) is 7.58. The van der Waals surface area contributed by atoms with Gasteiger partial charge in [0.05, 0.1) is 0 Å². The zero-order valence-electron chi connectivity index (χ0n) is 11.0. The molecule has 16 heavy (non-hydrogen) atoms. The fraction of sp³-hybridized carbons (Fsp3) is 0.833. The van der Waals surface area contributed by atoms with Crippen LogP contribution in [0, 0.1) is 22.9 Å². The Morgan fingerprint density at radius 2 is 1.38 bits per heavy atom. The molecular weight excluding hydrogens is 217 g/mol. The Labute approximate surface area is 100 Å². The van der Waals surface area contributed by atoms with Gasteiger partial charge in [-0.05, 0) is 0 Å². The fourth-order valence-electron chi connectivity index (χ4n) is 2.51. The summed E-state index contributed by atoms with van der Waals surface area (Å²) in [4.78, 5) is 0. The Kier molecular flexibility index (Phi) is 5.77. The van der Waals surface area contributed by atoms with Crippen LogP contribution in [0.25, 0.3) is 0 Å². The van der Waals surface area contributed by atoms with E-state index in [4.69, 9.17) is 0 Å². The van der Waals surface area contributed by atoms with E-state index >= 15 is 0 Å². The van der Waals surface area contributed by atoms with Gasteiger partial charge in [0.1, 0.15) is 0 Å². The van der Waals surface area contributed by atoms with Crippen LogP contribution in [0.3, 0.4) is 0 Å². The van der Waals surface area contributed by atoms with Gasteiger partial charge in [0.15, 0.2) is 0 Å². The third-order valence-corrected chi connectivity index (χ3v) is 11.9. The molecule has 0 aromatic heterocycles. The molecule has 0 aliphatic carbocycles. The van der Waals surface area contributed by atoms with Gasteiger partial charge < -0.3 is 0 Å². The zero-order valence-corrected chi connectivity index (χ0v) is 11.9. The molecule has 0 fully saturated rings. The van der Waals surface area contributed by atoms with Crippen LogP contribution in [0.5, 0.6) is 0 Å². The second kappa shape index (κ2) is 6.07. The molecule has 3 nitrogen and oxygen atoms in total. The Morgan fingerprint density at radius 1 is 0.938 bits per heavy atom. The van der Waals surface area contributed by atoms with Crippen LogP contribution in [0.1, 0.15) is 40.5 Å². The Balaban J connectivity index is 5.45. The summed E-state index contributed by atoms with van der Waals surface area (Å²) >= 11 is 0. The summed E-state index contributed by atoms with van der Waals surface area (Å²) < 4.78 is 1.47. The molecule has 0 rings (SSSR count). The van der Waals surface area contributed by atoms with Gasteiger partial charge in [0.25, 0.3) is 0 Å². The summed E-state index contributed by atoms with van der Waals surface area (Å²) in [6.07, 6.45) is 10.5. The standard InChI is InChI=1S/C12H24N3P/c1-5-9-10-16(6-2,7-3,8-4)15(11-13)12-14/h5-10H2,1-4H3. The van der Waals surface area contributed by atoms with E-state index in [1.807, 2.05) is 0 Å². The fourth-order valence-corrected chi connectivity index (χ4v) is 7.48. The van der Waals surface area contributed by atoms with Crippen LogP contribution in [0.2, 0.25) is 0 Å². The molecule has 0 N–H and O–H groups in total. The monoisotopic (exact) mass is 241 g/mol. The van der Waals surface area contributed by atoms with Gasteiger partial charge in [-0.25, -0.2) is 0 Å². The van der Waals surface area contributed by atoms with Crippen LogP contribution in [0.4, 0.5) is 0 Å². The third kappa shape index (κ3) is 2.31. The first-order valence-corrected chi connectivity index (χ1v) is 9.12. The summed E-state index contributed by atoms with van der Waals surface area (Å²) in [5.41, 5.74) is 0. The van der Waals surface area contributed by atoms with Crippen molar-refractivity contribution in [3.05, 3.63) is 0 Å². The molecule has 0 spiro atoms. The molecule has 0 heterocycles. The number of nitrogens with zero attached hydrogens (tertiary/aromatic N) is 3. The van der Waals surface area contributed by atoms with E-state index in [1.54, 1.807) is 0 Å². The molecular formula is C12H24N3P. The van der Waals surface area contributed by atoms with Crippen molar-refractivity contribution in [2.75, 3.05) is 24.6 Å². The van der Waals surface area contributed by atoms with Crippen molar-refractivity contribution >= 4 is 6.75 Å². The van der Waals surface area contributed by atoms with E-state index in [1.165, 1.54) is 4.67 Å². The van der Waals surface area contributed by atoms with Gasteiger partial charge in [-0.2, -0.15) is 0 Å². The van der Waals surface area contributed by atoms with Crippen molar-refractivity contribution in [2.24, 2.45) is 0 Å². The van der Waals surface area contributed by atoms with Crippen molar-refractivity contribution in [3.63, 3.8) is 0 Å². The SMILES string of the molecule is CCCCP(CC)(CC)(CC)N(C#N)C#N. The molecule has 0 radical (unpaired) electrons. The average Bonchev–Trinajstić information content (AvgIpc) is 2.36. The molecule has 0 unspecified atom stereocenters. The summed E-state index contributed by atoms with van der Waals surface area (Å²) in [7, 11) is 0. The van der Waals surface area contributed by atoms with Gasteiger partial charge in [-0.3, -0.25) is 0 Å². The van der Waals surface area contributed by atoms with Gasteiger partial charge in [0, 0.05) is 0 Å². The van der Waals surface area contributed by atoms with E-state index in [0.717, 1.165) is 37.5 Å². The predicted octanol–water partition coefficient (Wildman–Crippen LogP) is 3.58. The average molecular weight is 241 g/mol. The molecule has 92 valence electrons. The van der Waals surface area contributed by atoms with Crippen LogP contribution in [-0.2, 0) is 0 Å². The van der Waals surface area contributed by atoms with E-state index in [9.17, 15) is 10.5 Å². The maximum absolute atomic E-state index is 9.21. The molecule has 0 aromatic rings. The molecule has 0 atom stereocenters. The van der Waals surface area contributed by atoms with Crippen molar-refractivity contribution in [1.29, 1.82) is 10.5 Å². The minimum absolute atomic E-state index is 0.972. The maximum atomic E-state index is 9.21. The zero-order chi connectivity index (χ0) is 12.7. The molecule has 0 aliphatic rings. The van der Waals surface area contributed by atoms with Gasteiger partial charge in [0.2, 0.25) is 0 Å². The minimum atomic E-state index is -2.29. The Hall–Kier alpha value is -0.790. The second-order valence-electron chi connectivity index (χ2n) is 4.44. The Bertz CT molecular complexity index is 271. The van der Waals surface area contributed by atoms with Gasteiger partial charge in [-0.1, -0.05) is 0 Å². The normalized spacial score (nSPS) is 13.2. The van der Waals surface area contributed by atoms with E-state index in [0.29, 0.717) is 0 Å².